The number of nitrogens with one attached hydrogen (secondary N) is 1. The monoisotopic (exact) mass is 538 g/mol. The third kappa shape index (κ3) is 7.87. The molecule has 0 aliphatic carbocycles. The average Bonchev–Trinajstić information content (AvgIpc) is 2.91. The van der Waals surface area contributed by atoms with Gasteiger partial charge in [-0.1, -0.05) is 37.6 Å². The second-order valence-electron chi connectivity index (χ2n) is 10.9. The highest BCUT2D eigenvalue weighted by Crippen LogP contribution is 2.23. The summed E-state index contributed by atoms with van der Waals surface area (Å²) in [6, 6.07) is 9.70. The van der Waals surface area contributed by atoms with Gasteiger partial charge in [0.15, 0.2) is 5.82 Å². The van der Waals surface area contributed by atoms with E-state index in [4.69, 9.17) is 11.6 Å². The van der Waals surface area contributed by atoms with Crippen molar-refractivity contribution in [2.45, 2.75) is 33.2 Å². The van der Waals surface area contributed by atoms with Crippen molar-refractivity contribution in [3.63, 3.8) is 0 Å². The second-order valence-corrected chi connectivity index (χ2v) is 11.4. The Morgan fingerprint density at radius 1 is 1.18 bits per heavy atom. The molecule has 0 saturated carbocycles. The first kappa shape index (κ1) is 28.2. The number of amides is 1. The van der Waals surface area contributed by atoms with Crippen LogP contribution < -0.4 is 10.4 Å². The van der Waals surface area contributed by atoms with Crippen molar-refractivity contribution in [1.82, 2.24) is 30.1 Å². The number of hydrogen-bond donors (Lipinski definition) is 1. The lowest BCUT2D eigenvalue weighted by Crippen LogP contribution is -2.48. The number of rotatable bonds is 9. The van der Waals surface area contributed by atoms with Crippen LogP contribution in [0.15, 0.2) is 30.5 Å². The fourth-order valence-electron chi connectivity index (χ4n) is 5.15. The number of piperazine rings is 1. The standard InChI is InChI=1S/C28H39ClN8O/c1-21(2)18-37(27-25(29)17-31-26(16-30)32-27)33-28(38)24-6-4-5-23(15-24)20-36-13-11-35(12-14-36)19-22-7-9-34(3)10-8-22/h4-6,15,17,21-22H,7-14,18-20H2,1-3H3,(H,33,38). The third-order valence-corrected chi connectivity index (χ3v) is 7.55. The van der Waals surface area contributed by atoms with Gasteiger partial charge in [-0.25, -0.2) is 4.98 Å². The molecule has 1 N–H and O–H groups in total. The molecule has 2 aromatic rings. The van der Waals surface area contributed by atoms with Crippen molar-refractivity contribution >= 4 is 23.3 Å². The minimum Gasteiger partial charge on any atom is -0.306 e. The molecule has 1 aromatic heterocycles. The smallest absolute Gasteiger partial charge is 0.269 e. The summed E-state index contributed by atoms with van der Waals surface area (Å²) in [4.78, 5) is 28.9. The summed E-state index contributed by atoms with van der Waals surface area (Å²) in [5.74, 6) is 1.11. The molecule has 1 aromatic carbocycles. The number of benzene rings is 1. The zero-order chi connectivity index (χ0) is 27.1. The summed E-state index contributed by atoms with van der Waals surface area (Å²) in [6.07, 6.45) is 4.00. The van der Waals surface area contributed by atoms with Gasteiger partial charge in [-0.05, 0) is 62.5 Å². The Bertz CT molecular complexity index is 1120. The molecule has 9 nitrogen and oxygen atoms in total. The van der Waals surface area contributed by atoms with Crippen molar-refractivity contribution in [2.24, 2.45) is 11.8 Å². The van der Waals surface area contributed by atoms with E-state index < -0.39 is 0 Å². The second kappa shape index (κ2) is 13.3. The summed E-state index contributed by atoms with van der Waals surface area (Å²) in [5.41, 5.74) is 4.62. The van der Waals surface area contributed by atoms with E-state index in [1.54, 1.807) is 5.01 Å². The molecule has 2 fully saturated rings. The molecule has 38 heavy (non-hydrogen) atoms. The van der Waals surface area contributed by atoms with Crippen LogP contribution in [-0.2, 0) is 6.54 Å². The van der Waals surface area contributed by atoms with Gasteiger partial charge in [0, 0.05) is 51.4 Å². The summed E-state index contributed by atoms with van der Waals surface area (Å²) >= 11 is 6.33. The van der Waals surface area contributed by atoms with Crippen LogP contribution in [0.2, 0.25) is 5.02 Å². The molecule has 2 saturated heterocycles. The molecular weight excluding hydrogens is 500 g/mol. The van der Waals surface area contributed by atoms with Crippen molar-refractivity contribution in [1.29, 1.82) is 5.26 Å². The highest BCUT2D eigenvalue weighted by atomic mass is 35.5. The first-order chi connectivity index (χ1) is 18.3. The Balaban J connectivity index is 1.34. The molecule has 4 rings (SSSR count). The predicted molar refractivity (Wildman–Crippen MR) is 150 cm³/mol. The van der Waals surface area contributed by atoms with Gasteiger partial charge in [0.05, 0.1) is 6.20 Å². The van der Waals surface area contributed by atoms with Gasteiger partial charge in [0.2, 0.25) is 5.82 Å². The maximum absolute atomic E-state index is 13.2. The van der Waals surface area contributed by atoms with Gasteiger partial charge in [0.1, 0.15) is 11.1 Å². The highest BCUT2D eigenvalue weighted by Gasteiger charge is 2.23. The first-order valence-corrected chi connectivity index (χ1v) is 13.9. The summed E-state index contributed by atoms with van der Waals surface area (Å²) in [5, 5.41) is 11.1. The number of anilines is 1. The number of carbonyl (C=O) groups excluding carboxylic acids is 1. The highest BCUT2D eigenvalue weighted by molar-refractivity contribution is 6.32. The number of likely N-dealkylation sites (tertiary alicyclic amines) is 1. The zero-order valence-electron chi connectivity index (χ0n) is 22.7. The Kier molecular flexibility index (Phi) is 9.91. The SMILES string of the molecule is CC(C)CN(NC(=O)c1cccc(CN2CCN(CC3CCN(C)CC3)CC2)c1)c1nc(C#N)ncc1Cl. The van der Waals surface area contributed by atoms with Crippen molar-refractivity contribution in [3.8, 4) is 6.07 Å². The summed E-state index contributed by atoms with van der Waals surface area (Å²) in [7, 11) is 2.22. The van der Waals surface area contributed by atoms with E-state index in [1.165, 1.54) is 38.7 Å². The summed E-state index contributed by atoms with van der Waals surface area (Å²) < 4.78 is 0. The lowest BCUT2D eigenvalue weighted by molar-refractivity contribution is 0.0943. The molecule has 0 unspecified atom stereocenters. The molecule has 0 radical (unpaired) electrons. The third-order valence-electron chi connectivity index (χ3n) is 7.28. The van der Waals surface area contributed by atoms with E-state index in [2.05, 4.69) is 43.2 Å². The van der Waals surface area contributed by atoms with E-state index in [-0.39, 0.29) is 22.7 Å². The number of nitriles is 1. The van der Waals surface area contributed by atoms with E-state index >= 15 is 0 Å². The molecule has 3 heterocycles. The van der Waals surface area contributed by atoms with Crippen LogP contribution in [0.4, 0.5) is 5.82 Å². The van der Waals surface area contributed by atoms with Crippen molar-refractivity contribution in [2.75, 3.05) is 64.4 Å². The van der Waals surface area contributed by atoms with E-state index in [0.717, 1.165) is 44.2 Å². The van der Waals surface area contributed by atoms with E-state index in [9.17, 15) is 10.1 Å². The predicted octanol–water partition coefficient (Wildman–Crippen LogP) is 3.27. The molecule has 0 atom stereocenters. The van der Waals surface area contributed by atoms with E-state index in [0.29, 0.717) is 17.9 Å². The Hall–Kier alpha value is -2.77. The Labute approximate surface area is 231 Å². The number of halogens is 1. The first-order valence-electron chi connectivity index (χ1n) is 13.5. The Morgan fingerprint density at radius 3 is 2.58 bits per heavy atom. The van der Waals surface area contributed by atoms with Crippen molar-refractivity contribution in [3.05, 3.63) is 52.4 Å². The molecule has 2 aliphatic heterocycles. The van der Waals surface area contributed by atoms with Crippen LogP contribution in [0.3, 0.4) is 0 Å². The van der Waals surface area contributed by atoms with Gasteiger partial charge >= 0.3 is 0 Å². The molecular formula is C28H39ClN8O. The quantitative estimate of drug-likeness (QED) is 0.486. The normalized spacial score (nSPS) is 17.9. The summed E-state index contributed by atoms with van der Waals surface area (Å²) in [6.45, 7) is 13.3. The minimum atomic E-state index is -0.247. The Morgan fingerprint density at radius 2 is 1.89 bits per heavy atom. The molecule has 1 amide bonds. The number of hydrogen-bond acceptors (Lipinski definition) is 8. The van der Waals surface area contributed by atoms with Gasteiger partial charge < -0.3 is 9.80 Å². The molecule has 204 valence electrons. The number of nitrogens with zero attached hydrogens (tertiary/aromatic N) is 7. The molecule has 0 bridgehead atoms. The van der Waals surface area contributed by atoms with Gasteiger partial charge in [-0.15, -0.1) is 0 Å². The molecule has 2 aliphatic rings. The number of hydrazine groups is 1. The number of aromatic nitrogens is 2. The van der Waals surface area contributed by atoms with Crippen molar-refractivity contribution < 1.29 is 4.79 Å². The number of carbonyl (C=O) groups is 1. The van der Waals surface area contributed by atoms with Gasteiger partial charge in [0.25, 0.3) is 5.91 Å². The topological polar surface area (TPSA) is 91.6 Å². The maximum atomic E-state index is 13.2. The molecule has 10 heteroatoms. The maximum Gasteiger partial charge on any atom is 0.269 e. The molecule has 0 spiro atoms. The van der Waals surface area contributed by atoms with Crippen LogP contribution >= 0.6 is 11.6 Å². The van der Waals surface area contributed by atoms with Crippen LogP contribution in [0, 0.1) is 23.2 Å². The largest absolute Gasteiger partial charge is 0.306 e. The van der Waals surface area contributed by atoms with Crippen LogP contribution in [0.25, 0.3) is 0 Å². The number of piperidine rings is 1. The van der Waals surface area contributed by atoms with E-state index in [1.807, 2.05) is 38.1 Å². The average molecular weight is 539 g/mol. The van der Waals surface area contributed by atoms with Gasteiger partial charge in [-0.2, -0.15) is 10.2 Å². The van der Waals surface area contributed by atoms with Crippen LogP contribution in [0.5, 0.6) is 0 Å². The zero-order valence-corrected chi connectivity index (χ0v) is 23.5. The van der Waals surface area contributed by atoms with Gasteiger partial charge in [-0.3, -0.25) is 20.1 Å². The lowest BCUT2D eigenvalue weighted by Gasteiger charge is -2.38. The fraction of sp³-hybridized carbons (Fsp3) is 0.571. The lowest BCUT2D eigenvalue weighted by atomic mass is 9.96. The minimum absolute atomic E-state index is 0.000782. The van der Waals surface area contributed by atoms with Crippen LogP contribution in [-0.4, -0.2) is 90.0 Å². The van der Waals surface area contributed by atoms with Crippen LogP contribution in [0.1, 0.15) is 48.4 Å². The fourth-order valence-corrected chi connectivity index (χ4v) is 5.34.